The molecule has 1 amide bonds. The van der Waals surface area contributed by atoms with Gasteiger partial charge in [-0.2, -0.15) is 0 Å². The topological polar surface area (TPSA) is 64.3 Å². The van der Waals surface area contributed by atoms with Gasteiger partial charge in [0.2, 0.25) is 5.91 Å². The van der Waals surface area contributed by atoms with Crippen LogP contribution in [-0.2, 0) is 11.2 Å². The number of hydrogen-bond donors (Lipinski definition) is 2. The third-order valence-electron chi connectivity index (χ3n) is 2.29. The number of carbonyl (C=O) groups is 1. The fourth-order valence-electron chi connectivity index (χ4n) is 1.28. The van der Waals surface area contributed by atoms with E-state index in [1.54, 1.807) is 14.0 Å². The van der Waals surface area contributed by atoms with Crippen LogP contribution in [0.25, 0.3) is 0 Å². The summed E-state index contributed by atoms with van der Waals surface area (Å²) in [5.41, 5.74) is 6.58. The summed E-state index contributed by atoms with van der Waals surface area (Å²) in [6.45, 7) is 2.27. The van der Waals surface area contributed by atoms with Crippen molar-refractivity contribution in [3.63, 3.8) is 0 Å². The highest BCUT2D eigenvalue weighted by molar-refractivity contribution is 5.85. The van der Waals surface area contributed by atoms with Crippen molar-refractivity contribution in [3.05, 3.63) is 29.8 Å². The predicted octanol–water partition coefficient (Wildman–Crippen LogP) is 1.12. The first-order valence-corrected chi connectivity index (χ1v) is 5.29. The van der Waals surface area contributed by atoms with Crippen LogP contribution in [0.4, 0.5) is 0 Å². The maximum Gasteiger partial charge on any atom is 0.236 e. The standard InChI is InChI=1S/C12H18N2O2.ClH/c1-9(13)12(15)14-8-7-10-3-5-11(16-2)6-4-10;/h3-6,9H,7-8,13H2,1-2H3,(H,14,15);1H/t9-;/m1./s1. The first-order chi connectivity index (χ1) is 7.63. The quantitative estimate of drug-likeness (QED) is 0.832. The predicted molar refractivity (Wildman–Crippen MR) is 70.6 cm³/mol. The molecule has 96 valence electrons. The van der Waals surface area contributed by atoms with Gasteiger partial charge in [0, 0.05) is 6.54 Å². The summed E-state index contributed by atoms with van der Waals surface area (Å²) >= 11 is 0. The first kappa shape index (κ1) is 15.7. The monoisotopic (exact) mass is 258 g/mol. The Morgan fingerprint density at radius 3 is 2.47 bits per heavy atom. The highest BCUT2D eigenvalue weighted by Crippen LogP contribution is 2.11. The van der Waals surface area contributed by atoms with E-state index in [9.17, 15) is 4.79 Å². The second-order valence-electron chi connectivity index (χ2n) is 3.68. The third-order valence-corrected chi connectivity index (χ3v) is 2.29. The van der Waals surface area contributed by atoms with Crippen molar-refractivity contribution in [2.75, 3.05) is 13.7 Å². The van der Waals surface area contributed by atoms with E-state index in [0.717, 1.165) is 17.7 Å². The Labute approximate surface area is 108 Å². The largest absolute Gasteiger partial charge is 0.497 e. The van der Waals surface area contributed by atoms with Gasteiger partial charge in [-0.15, -0.1) is 12.4 Å². The molecule has 0 unspecified atom stereocenters. The molecule has 0 aromatic heterocycles. The molecule has 0 fully saturated rings. The average molecular weight is 259 g/mol. The fourth-order valence-corrected chi connectivity index (χ4v) is 1.28. The molecule has 5 heteroatoms. The average Bonchev–Trinajstić information content (AvgIpc) is 2.29. The van der Waals surface area contributed by atoms with Crippen molar-refractivity contribution in [1.82, 2.24) is 5.32 Å². The molecule has 1 rings (SSSR count). The molecule has 0 saturated heterocycles. The number of rotatable bonds is 5. The second-order valence-corrected chi connectivity index (χ2v) is 3.68. The van der Waals surface area contributed by atoms with Gasteiger partial charge in [-0.25, -0.2) is 0 Å². The lowest BCUT2D eigenvalue weighted by Crippen LogP contribution is -2.39. The van der Waals surface area contributed by atoms with E-state index >= 15 is 0 Å². The van der Waals surface area contributed by atoms with Gasteiger partial charge in [-0.05, 0) is 31.0 Å². The van der Waals surface area contributed by atoms with Crippen LogP contribution in [0.5, 0.6) is 5.75 Å². The number of methoxy groups -OCH3 is 1. The van der Waals surface area contributed by atoms with E-state index in [2.05, 4.69) is 5.32 Å². The molecule has 0 saturated carbocycles. The molecule has 1 aromatic carbocycles. The summed E-state index contributed by atoms with van der Waals surface area (Å²) in [5, 5.41) is 2.76. The lowest BCUT2D eigenvalue weighted by molar-refractivity contribution is -0.121. The van der Waals surface area contributed by atoms with Crippen LogP contribution in [0.3, 0.4) is 0 Å². The highest BCUT2D eigenvalue weighted by atomic mass is 35.5. The molecule has 0 radical (unpaired) electrons. The van der Waals surface area contributed by atoms with Crippen LogP contribution in [0.2, 0.25) is 0 Å². The van der Waals surface area contributed by atoms with Gasteiger partial charge in [-0.3, -0.25) is 4.79 Å². The number of nitrogens with one attached hydrogen (secondary N) is 1. The Morgan fingerprint density at radius 1 is 1.41 bits per heavy atom. The second kappa shape index (κ2) is 7.92. The zero-order valence-corrected chi connectivity index (χ0v) is 10.9. The molecule has 0 aliphatic rings. The van der Waals surface area contributed by atoms with Crippen molar-refractivity contribution < 1.29 is 9.53 Å². The summed E-state index contributed by atoms with van der Waals surface area (Å²) < 4.78 is 5.06. The van der Waals surface area contributed by atoms with E-state index in [-0.39, 0.29) is 18.3 Å². The Bertz CT molecular complexity index is 339. The van der Waals surface area contributed by atoms with Crippen molar-refractivity contribution in [1.29, 1.82) is 0 Å². The van der Waals surface area contributed by atoms with Gasteiger partial charge in [-0.1, -0.05) is 12.1 Å². The molecule has 1 atom stereocenters. The molecular weight excluding hydrogens is 240 g/mol. The minimum Gasteiger partial charge on any atom is -0.497 e. The van der Waals surface area contributed by atoms with Crippen molar-refractivity contribution in [2.45, 2.75) is 19.4 Å². The highest BCUT2D eigenvalue weighted by Gasteiger charge is 2.05. The van der Waals surface area contributed by atoms with Crippen LogP contribution in [0.15, 0.2) is 24.3 Å². The zero-order chi connectivity index (χ0) is 12.0. The number of hydrogen-bond acceptors (Lipinski definition) is 3. The van der Waals surface area contributed by atoms with Crippen LogP contribution >= 0.6 is 12.4 Å². The van der Waals surface area contributed by atoms with Gasteiger partial charge in [0.1, 0.15) is 5.75 Å². The van der Waals surface area contributed by atoms with E-state index in [1.807, 2.05) is 24.3 Å². The molecule has 0 bridgehead atoms. The number of amides is 1. The van der Waals surface area contributed by atoms with Crippen molar-refractivity contribution in [2.24, 2.45) is 5.73 Å². The summed E-state index contributed by atoms with van der Waals surface area (Å²) in [7, 11) is 1.64. The van der Waals surface area contributed by atoms with Crippen molar-refractivity contribution >= 4 is 18.3 Å². The molecule has 0 spiro atoms. The normalized spacial score (nSPS) is 11.2. The maximum atomic E-state index is 11.2. The van der Waals surface area contributed by atoms with Crippen molar-refractivity contribution in [3.8, 4) is 5.75 Å². The maximum absolute atomic E-state index is 11.2. The SMILES string of the molecule is COc1ccc(CCNC(=O)[C@@H](C)N)cc1.Cl. The molecule has 0 heterocycles. The molecule has 3 N–H and O–H groups in total. The lowest BCUT2D eigenvalue weighted by atomic mass is 10.1. The molecule has 0 aliphatic carbocycles. The van der Waals surface area contributed by atoms with Gasteiger partial charge >= 0.3 is 0 Å². The van der Waals surface area contributed by atoms with Crippen LogP contribution in [0.1, 0.15) is 12.5 Å². The van der Waals surface area contributed by atoms with Gasteiger partial charge in [0.05, 0.1) is 13.2 Å². The van der Waals surface area contributed by atoms with Crippen LogP contribution in [0, 0.1) is 0 Å². The Hall–Kier alpha value is -1.26. The zero-order valence-electron chi connectivity index (χ0n) is 10.1. The number of nitrogens with two attached hydrogens (primary N) is 1. The minimum atomic E-state index is -0.448. The summed E-state index contributed by atoms with van der Waals surface area (Å²) in [6.07, 6.45) is 0.794. The molecule has 17 heavy (non-hydrogen) atoms. The van der Waals surface area contributed by atoms with E-state index in [0.29, 0.717) is 6.54 Å². The Balaban J connectivity index is 0.00000256. The smallest absolute Gasteiger partial charge is 0.236 e. The number of halogens is 1. The summed E-state index contributed by atoms with van der Waals surface area (Å²) in [5.74, 6) is 0.719. The van der Waals surface area contributed by atoms with E-state index < -0.39 is 6.04 Å². The molecule has 0 aliphatic heterocycles. The Morgan fingerprint density at radius 2 is 2.00 bits per heavy atom. The molecular formula is C12H19ClN2O2. The van der Waals surface area contributed by atoms with Crippen LogP contribution < -0.4 is 15.8 Å². The van der Waals surface area contributed by atoms with Gasteiger partial charge in [0.15, 0.2) is 0 Å². The van der Waals surface area contributed by atoms with Gasteiger partial charge < -0.3 is 15.8 Å². The first-order valence-electron chi connectivity index (χ1n) is 5.29. The number of carbonyl (C=O) groups excluding carboxylic acids is 1. The number of ether oxygens (including phenoxy) is 1. The fraction of sp³-hybridized carbons (Fsp3) is 0.417. The van der Waals surface area contributed by atoms with Crippen LogP contribution in [-0.4, -0.2) is 25.6 Å². The minimum absolute atomic E-state index is 0. The van der Waals surface area contributed by atoms with E-state index in [1.165, 1.54) is 0 Å². The lowest BCUT2D eigenvalue weighted by Gasteiger charge is -2.07. The molecule has 4 nitrogen and oxygen atoms in total. The molecule has 1 aromatic rings. The third kappa shape index (κ3) is 5.56. The number of benzene rings is 1. The van der Waals surface area contributed by atoms with E-state index in [4.69, 9.17) is 10.5 Å². The summed E-state index contributed by atoms with van der Waals surface area (Å²) in [4.78, 5) is 11.2. The Kier molecular flexibility index (Phi) is 7.34. The summed E-state index contributed by atoms with van der Waals surface area (Å²) in [6, 6.07) is 7.33. The van der Waals surface area contributed by atoms with Gasteiger partial charge in [0.25, 0.3) is 0 Å².